The summed E-state index contributed by atoms with van der Waals surface area (Å²) in [5.41, 5.74) is 14.5. The van der Waals surface area contributed by atoms with Gasteiger partial charge in [0.15, 0.2) is 0 Å². The third-order valence-electron chi connectivity index (χ3n) is 6.98. The number of nitrogens with one attached hydrogen (secondary N) is 1. The van der Waals surface area contributed by atoms with Gasteiger partial charge in [-0.05, 0) is 73.7 Å². The molecule has 1 heterocycles. The number of fused-ring (bicyclic) bond motifs is 1. The lowest BCUT2D eigenvalue weighted by atomic mass is 9.93. The topological polar surface area (TPSA) is 145 Å². The molecular formula is C30H29N5O4. The van der Waals surface area contributed by atoms with Crippen LogP contribution in [0.3, 0.4) is 0 Å². The minimum absolute atomic E-state index is 0.0832. The molecule has 4 aromatic rings. The summed E-state index contributed by atoms with van der Waals surface area (Å²) in [6, 6.07) is 24.5. The highest BCUT2D eigenvalue weighted by Crippen LogP contribution is 2.32. The van der Waals surface area contributed by atoms with Crippen molar-refractivity contribution in [1.82, 2.24) is 9.88 Å². The molecule has 3 aromatic carbocycles. The number of amides is 2. The van der Waals surface area contributed by atoms with Crippen LogP contribution in [0, 0.1) is 11.3 Å². The molecule has 0 saturated heterocycles. The highest BCUT2D eigenvalue weighted by atomic mass is 16.6. The van der Waals surface area contributed by atoms with Gasteiger partial charge in [-0.15, -0.1) is 0 Å². The standard InChI is InChI=1S/C30H29N5O4/c31-17-20-8-15-25-26(16-20)35(18-19-6-11-23(12-7-19)38-22-4-2-1-3-5-22)28(27(25)32)29(36)34-21-9-13-24(14-10-21)39-30(33)37/h1-8,11-12,15-16,21,24H,9-10,13-14,18,32H2,(H2,33,37)(H,34,36). The normalized spacial score (nSPS) is 16.8. The molecule has 1 aliphatic carbocycles. The lowest BCUT2D eigenvalue weighted by molar-refractivity contribution is 0.0708. The largest absolute Gasteiger partial charge is 0.457 e. The van der Waals surface area contributed by atoms with Crippen LogP contribution in [0.25, 0.3) is 10.9 Å². The van der Waals surface area contributed by atoms with Crippen LogP contribution in [-0.2, 0) is 11.3 Å². The van der Waals surface area contributed by atoms with Gasteiger partial charge in [-0.3, -0.25) is 4.79 Å². The summed E-state index contributed by atoms with van der Waals surface area (Å²) in [4.78, 5) is 24.6. The van der Waals surface area contributed by atoms with E-state index in [-0.39, 0.29) is 18.1 Å². The van der Waals surface area contributed by atoms with Crippen molar-refractivity contribution >= 4 is 28.6 Å². The lowest BCUT2D eigenvalue weighted by Gasteiger charge is -2.28. The van der Waals surface area contributed by atoms with Crippen molar-refractivity contribution < 1.29 is 19.1 Å². The molecule has 1 aliphatic rings. The Balaban J connectivity index is 1.40. The second kappa shape index (κ2) is 11.2. The van der Waals surface area contributed by atoms with E-state index in [0.29, 0.717) is 65.8 Å². The number of aromatic nitrogens is 1. The Morgan fingerprint density at radius 2 is 1.67 bits per heavy atom. The number of nitrogens with two attached hydrogens (primary N) is 2. The van der Waals surface area contributed by atoms with Crippen molar-refractivity contribution in [2.75, 3.05) is 5.73 Å². The van der Waals surface area contributed by atoms with E-state index in [9.17, 15) is 14.9 Å². The number of hydrogen-bond donors (Lipinski definition) is 3. The molecule has 0 spiro atoms. The van der Waals surface area contributed by atoms with Gasteiger partial charge in [0.05, 0.1) is 22.8 Å². The van der Waals surface area contributed by atoms with E-state index in [0.717, 1.165) is 11.3 Å². The molecule has 0 aliphatic heterocycles. The number of ether oxygens (including phenoxy) is 2. The number of nitrogen functional groups attached to an aromatic ring is 1. The predicted molar refractivity (Wildman–Crippen MR) is 147 cm³/mol. The van der Waals surface area contributed by atoms with Crippen LogP contribution in [-0.4, -0.2) is 28.7 Å². The Labute approximate surface area is 225 Å². The zero-order chi connectivity index (χ0) is 27.4. The van der Waals surface area contributed by atoms with Gasteiger partial charge < -0.3 is 30.8 Å². The summed E-state index contributed by atoms with van der Waals surface area (Å²) in [7, 11) is 0. The molecule has 0 bridgehead atoms. The first-order chi connectivity index (χ1) is 18.9. The van der Waals surface area contributed by atoms with Crippen LogP contribution in [0.5, 0.6) is 11.5 Å². The summed E-state index contributed by atoms with van der Waals surface area (Å²) >= 11 is 0. The van der Waals surface area contributed by atoms with E-state index in [2.05, 4.69) is 11.4 Å². The average molecular weight is 524 g/mol. The van der Waals surface area contributed by atoms with E-state index < -0.39 is 6.09 Å². The van der Waals surface area contributed by atoms with Crippen LogP contribution >= 0.6 is 0 Å². The second-order valence-corrected chi connectivity index (χ2v) is 9.64. The van der Waals surface area contributed by atoms with E-state index in [1.165, 1.54) is 0 Å². The fourth-order valence-electron chi connectivity index (χ4n) is 5.07. The quantitative estimate of drug-likeness (QED) is 0.308. The number of anilines is 1. The number of carbonyl (C=O) groups excluding carboxylic acids is 2. The monoisotopic (exact) mass is 523 g/mol. The van der Waals surface area contributed by atoms with Crippen molar-refractivity contribution in [3.63, 3.8) is 0 Å². The Kier molecular flexibility index (Phi) is 7.37. The molecule has 5 N–H and O–H groups in total. The number of benzene rings is 3. The van der Waals surface area contributed by atoms with Gasteiger partial charge in [0.2, 0.25) is 0 Å². The van der Waals surface area contributed by atoms with Gasteiger partial charge in [-0.25, -0.2) is 4.79 Å². The van der Waals surface area contributed by atoms with Crippen LogP contribution in [0.15, 0.2) is 72.8 Å². The maximum absolute atomic E-state index is 13.6. The van der Waals surface area contributed by atoms with Crippen molar-refractivity contribution in [3.05, 3.63) is 89.6 Å². The van der Waals surface area contributed by atoms with Crippen molar-refractivity contribution in [2.24, 2.45) is 5.73 Å². The molecule has 9 heteroatoms. The van der Waals surface area contributed by atoms with E-state index in [1.807, 2.05) is 59.2 Å². The number of nitrogens with zero attached hydrogens (tertiary/aromatic N) is 2. The molecule has 39 heavy (non-hydrogen) atoms. The highest BCUT2D eigenvalue weighted by Gasteiger charge is 2.28. The fraction of sp³-hybridized carbons (Fsp3) is 0.233. The molecule has 0 unspecified atom stereocenters. The van der Waals surface area contributed by atoms with Gasteiger partial charge in [-0.1, -0.05) is 30.3 Å². The van der Waals surface area contributed by atoms with Gasteiger partial charge in [0.25, 0.3) is 5.91 Å². The Morgan fingerprint density at radius 3 is 2.33 bits per heavy atom. The predicted octanol–water partition coefficient (Wildman–Crippen LogP) is 5.07. The maximum atomic E-state index is 13.6. The minimum atomic E-state index is -0.781. The van der Waals surface area contributed by atoms with Crippen LogP contribution < -0.4 is 21.5 Å². The summed E-state index contributed by atoms with van der Waals surface area (Å²) in [6.45, 7) is 0.371. The van der Waals surface area contributed by atoms with Gasteiger partial charge in [-0.2, -0.15) is 5.26 Å². The molecule has 2 amide bonds. The van der Waals surface area contributed by atoms with Gasteiger partial charge in [0.1, 0.15) is 23.3 Å². The second-order valence-electron chi connectivity index (χ2n) is 9.64. The first-order valence-corrected chi connectivity index (χ1v) is 12.8. The number of primary amides is 1. The lowest BCUT2D eigenvalue weighted by Crippen LogP contribution is -2.40. The molecule has 5 rings (SSSR count). The fourth-order valence-corrected chi connectivity index (χ4v) is 5.07. The zero-order valence-corrected chi connectivity index (χ0v) is 21.3. The van der Waals surface area contributed by atoms with E-state index >= 15 is 0 Å². The number of carbonyl (C=O) groups is 2. The van der Waals surface area contributed by atoms with Crippen LogP contribution in [0.2, 0.25) is 0 Å². The van der Waals surface area contributed by atoms with Crippen molar-refractivity contribution in [1.29, 1.82) is 5.26 Å². The first kappa shape index (κ1) is 25.7. The smallest absolute Gasteiger partial charge is 0.404 e. The van der Waals surface area contributed by atoms with Gasteiger partial charge in [0, 0.05) is 18.0 Å². The summed E-state index contributed by atoms with van der Waals surface area (Å²) in [5.74, 6) is 1.15. The van der Waals surface area contributed by atoms with E-state index in [1.54, 1.807) is 18.2 Å². The van der Waals surface area contributed by atoms with Crippen molar-refractivity contribution in [2.45, 2.75) is 44.4 Å². The summed E-state index contributed by atoms with van der Waals surface area (Å²) in [5, 5.41) is 13.3. The first-order valence-electron chi connectivity index (χ1n) is 12.8. The van der Waals surface area contributed by atoms with Crippen LogP contribution in [0.4, 0.5) is 10.5 Å². The number of nitriles is 1. The molecular weight excluding hydrogens is 494 g/mol. The third kappa shape index (κ3) is 5.80. The number of rotatable bonds is 7. The van der Waals surface area contributed by atoms with Crippen LogP contribution in [0.1, 0.15) is 47.3 Å². The Bertz CT molecular complexity index is 1530. The highest BCUT2D eigenvalue weighted by molar-refractivity contribution is 6.08. The molecule has 0 radical (unpaired) electrons. The molecule has 1 saturated carbocycles. The summed E-state index contributed by atoms with van der Waals surface area (Å²) in [6.07, 6.45) is 1.54. The third-order valence-corrected chi connectivity index (χ3v) is 6.98. The molecule has 1 aromatic heterocycles. The number of para-hydroxylation sites is 1. The zero-order valence-electron chi connectivity index (χ0n) is 21.3. The number of hydrogen-bond acceptors (Lipinski definition) is 6. The average Bonchev–Trinajstić information content (AvgIpc) is 3.21. The minimum Gasteiger partial charge on any atom is -0.457 e. The molecule has 0 atom stereocenters. The molecule has 9 nitrogen and oxygen atoms in total. The SMILES string of the molecule is N#Cc1ccc2c(N)c(C(=O)NC3CCC(OC(N)=O)CC3)n(Cc3ccc(Oc4ccccc4)cc3)c2c1. The molecule has 198 valence electrons. The summed E-state index contributed by atoms with van der Waals surface area (Å²) < 4.78 is 12.9. The van der Waals surface area contributed by atoms with Gasteiger partial charge >= 0.3 is 6.09 Å². The maximum Gasteiger partial charge on any atom is 0.404 e. The molecule has 1 fully saturated rings. The Morgan fingerprint density at radius 1 is 0.974 bits per heavy atom. The Hall–Kier alpha value is -4.97. The van der Waals surface area contributed by atoms with E-state index in [4.69, 9.17) is 20.9 Å². The van der Waals surface area contributed by atoms with Crippen molar-refractivity contribution in [3.8, 4) is 17.6 Å².